The molecule has 1 aromatic rings. The average molecular weight is 253 g/mol. The van der Waals surface area contributed by atoms with Crippen LogP contribution in [0, 0.1) is 0 Å². The Bertz CT molecular complexity index is 349. The van der Waals surface area contributed by atoms with Crippen LogP contribution in [0.4, 0.5) is 0 Å². The van der Waals surface area contributed by atoms with E-state index in [-0.39, 0.29) is 0 Å². The second-order valence-corrected chi connectivity index (χ2v) is 8.50. The van der Waals surface area contributed by atoms with Crippen LogP contribution in [0.3, 0.4) is 0 Å². The number of hydrogen-bond donors (Lipinski definition) is 1. The Balaban J connectivity index is 2.73. The zero-order valence-corrected chi connectivity index (χ0v) is 12.5. The molecule has 0 radical (unpaired) electrons. The summed E-state index contributed by atoms with van der Waals surface area (Å²) in [4.78, 5) is 0. The molecule has 0 amide bonds. The van der Waals surface area contributed by atoms with E-state index in [2.05, 4.69) is 48.9 Å². The molecule has 0 unspecified atom stereocenters. The molecular formula is C12H23N3OSi. The fraction of sp³-hybridized carbons (Fsp3) is 0.500. The lowest BCUT2D eigenvalue weighted by Gasteiger charge is -2.35. The van der Waals surface area contributed by atoms with E-state index < -0.39 is 9.28 Å². The van der Waals surface area contributed by atoms with Crippen LogP contribution in [0.5, 0.6) is 5.75 Å². The highest BCUT2D eigenvalue weighted by molar-refractivity contribution is 6.49. The molecule has 0 saturated heterocycles. The van der Waals surface area contributed by atoms with Gasteiger partial charge in [0.05, 0.1) is 0 Å². The van der Waals surface area contributed by atoms with Gasteiger partial charge in [0.25, 0.3) is 9.28 Å². The van der Waals surface area contributed by atoms with E-state index in [1.807, 2.05) is 18.2 Å². The summed E-state index contributed by atoms with van der Waals surface area (Å²) >= 11 is 0. The van der Waals surface area contributed by atoms with E-state index >= 15 is 0 Å². The number of hydrogen-bond acceptors (Lipinski definition) is 4. The van der Waals surface area contributed by atoms with Gasteiger partial charge in [-0.2, -0.15) is 0 Å². The van der Waals surface area contributed by atoms with Crippen molar-refractivity contribution in [2.24, 2.45) is 0 Å². The first kappa shape index (κ1) is 14.2. The lowest BCUT2D eigenvalue weighted by atomic mass is 10.2. The van der Waals surface area contributed by atoms with Gasteiger partial charge in [-0.25, -0.2) is 0 Å². The molecule has 0 aliphatic carbocycles. The average Bonchev–Trinajstić information content (AvgIpc) is 2.15. The van der Waals surface area contributed by atoms with E-state index in [0.29, 0.717) is 5.75 Å². The van der Waals surface area contributed by atoms with Crippen LogP contribution in [0.25, 0.3) is 0 Å². The topological polar surface area (TPSA) is 30.0 Å². The van der Waals surface area contributed by atoms with Crippen LogP contribution in [-0.2, 0) is 6.54 Å². The summed E-state index contributed by atoms with van der Waals surface area (Å²) in [6.45, 7) is 0.863. The van der Waals surface area contributed by atoms with Crippen molar-refractivity contribution in [2.45, 2.75) is 6.54 Å². The zero-order valence-electron chi connectivity index (χ0n) is 11.4. The summed E-state index contributed by atoms with van der Waals surface area (Å²) in [5.41, 5.74) is 1.15. The van der Waals surface area contributed by atoms with Crippen LogP contribution in [0.1, 0.15) is 5.56 Å². The van der Waals surface area contributed by atoms with Gasteiger partial charge in [-0.15, -0.1) is 0 Å². The second kappa shape index (κ2) is 6.16. The van der Waals surface area contributed by atoms with Crippen molar-refractivity contribution < 1.29 is 5.11 Å². The highest BCUT2D eigenvalue weighted by Gasteiger charge is 2.22. The molecule has 1 N–H and O–H groups in total. The summed E-state index contributed by atoms with van der Waals surface area (Å²) in [6.07, 6.45) is 0. The van der Waals surface area contributed by atoms with Crippen LogP contribution < -0.4 is 0 Å². The first-order valence-corrected chi connectivity index (χ1v) is 7.27. The van der Waals surface area contributed by atoms with Crippen LogP contribution in [-0.4, -0.2) is 63.3 Å². The molecule has 0 saturated carbocycles. The molecule has 0 fully saturated rings. The maximum absolute atomic E-state index is 9.45. The first-order chi connectivity index (χ1) is 7.91. The van der Waals surface area contributed by atoms with Gasteiger partial charge < -0.3 is 18.8 Å². The molecule has 17 heavy (non-hydrogen) atoms. The molecule has 4 nitrogen and oxygen atoms in total. The van der Waals surface area contributed by atoms with Crippen molar-refractivity contribution in [1.82, 2.24) is 13.7 Å². The van der Waals surface area contributed by atoms with Gasteiger partial charge >= 0.3 is 0 Å². The molecule has 0 aliphatic heterocycles. The van der Waals surface area contributed by atoms with E-state index in [1.165, 1.54) is 0 Å². The van der Waals surface area contributed by atoms with Gasteiger partial charge in [0.15, 0.2) is 0 Å². The van der Waals surface area contributed by atoms with Gasteiger partial charge in [-0.05, 0) is 52.9 Å². The standard InChI is InChI=1S/C12H23N3OSi/c1-13(2)17(14(3)4)15(5)10-11-7-6-8-12(16)9-11/h6-9,16-17H,10H2,1-5H3. The number of nitrogens with zero attached hydrogens (tertiary/aromatic N) is 3. The first-order valence-electron chi connectivity index (χ1n) is 5.73. The van der Waals surface area contributed by atoms with Crippen LogP contribution in [0.2, 0.25) is 0 Å². The molecular weight excluding hydrogens is 230 g/mol. The van der Waals surface area contributed by atoms with Gasteiger partial charge in [0.1, 0.15) is 5.75 Å². The third-order valence-electron chi connectivity index (χ3n) is 2.66. The Hall–Kier alpha value is -0.883. The maximum atomic E-state index is 9.45. The Morgan fingerprint density at radius 3 is 2.12 bits per heavy atom. The van der Waals surface area contributed by atoms with Crippen molar-refractivity contribution in [3.8, 4) is 5.75 Å². The summed E-state index contributed by atoms with van der Waals surface area (Å²) in [6, 6.07) is 7.47. The Morgan fingerprint density at radius 2 is 1.65 bits per heavy atom. The molecule has 5 heteroatoms. The molecule has 0 bridgehead atoms. The lowest BCUT2D eigenvalue weighted by Crippen LogP contribution is -2.56. The number of phenols is 1. The van der Waals surface area contributed by atoms with Crippen LogP contribution >= 0.6 is 0 Å². The Labute approximate surface area is 106 Å². The van der Waals surface area contributed by atoms with E-state index in [4.69, 9.17) is 0 Å². The third kappa shape index (κ3) is 4.12. The Kier molecular flexibility index (Phi) is 5.14. The van der Waals surface area contributed by atoms with Gasteiger partial charge in [-0.3, -0.25) is 0 Å². The number of benzene rings is 1. The van der Waals surface area contributed by atoms with Crippen LogP contribution in [0.15, 0.2) is 24.3 Å². The molecule has 0 aliphatic rings. The minimum atomic E-state index is -1.24. The number of phenolic OH excluding ortho intramolecular Hbond substituents is 1. The Morgan fingerprint density at radius 1 is 1.06 bits per heavy atom. The molecule has 0 spiro atoms. The number of aromatic hydroxyl groups is 1. The van der Waals surface area contributed by atoms with E-state index in [9.17, 15) is 5.11 Å². The fourth-order valence-corrected chi connectivity index (χ4v) is 5.15. The summed E-state index contributed by atoms with van der Waals surface area (Å²) < 4.78 is 6.96. The second-order valence-electron chi connectivity index (χ2n) is 4.86. The fourth-order valence-electron chi connectivity index (χ4n) is 2.27. The summed E-state index contributed by atoms with van der Waals surface area (Å²) in [7, 11) is 9.38. The number of rotatable bonds is 5. The van der Waals surface area contributed by atoms with Crippen molar-refractivity contribution >= 4 is 9.28 Å². The smallest absolute Gasteiger partial charge is 0.271 e. The highest BCUT2D eigenvalue weighted by Crippen LogP contribution is 2.13. The summed E-state index contributed by atoms with van der Waals surface area (Å²) in [5.74, 6) is 0.337. The normalized spacial score (nSPS) is 12.1. The maximum Gasteiger partial charge on any atom is 0.271 e. The van der Waals surface area contributed by atoms with Crippen molar-refractivity contribution in [3.05, 3.63) is 29.8 Å². The molecule has 0 aromatic heterocycles. The molecule has 0 heterocycles. The molecule has 0 atom stereocenters. The highest BCUT2D eigenvalue weighted by atomic mass is 28.3. The zero-order chi connectivity index (χ0) is 13.0. The minimum absolute atomic E-state index is 0.337. The predicted octanol–water partition coefficient (Wildman–Crippen LogP) is 0.664. The van der Waals surface area contributed by atoms with Crippen molar-refractivity contribution in [3.63, 3.8) is 0 Å². The van der Waals surface area contributed by atoms with Gasteiger partial charge in [-0.1, -0.05) is 12.1 Å². The third-order valence-corrected chi connectivity index (χ3v) is 5.48. The largest absolute Gasteiger partial charge is 0.508 e. The van der Waals surface area contributed by atoms with Gasteiger partial charge in [0.2, 0.25) is 0 Å². The lowest BCUT2D eigenvalue weighted by molar-refractivity contribution is 0.377. The SMILES string of the molecule is CN(C)[SiH](N(C)C)N(C)Cc1cccc(O)c1. The quantitative estimate of drug-likeness (QED) is 0.781. The summed E-state index contributed by atoms with van der Waals surface area (Å²) in [5, 5.41) is 9.45. The van der Waals surface area contributed by atoms with E-state index in [1.54, 1.807) is 6.07 Å². The van der Waals surface area contributed by atoms with Crippen molar-refractivity contribution in [1.29, 1.82) is 0 Å². The predicted molar refractivity (Wildman–Crippen MR) is 74.1 cm³/mol. The molecule has 1 aromatic carbocycles. The van der Waals surface area contributed by atoms with Gasteiger partial charge in [0, 0.05) is 6.54 Å². The monoisotopic (exact) mass is 253 g/mol. The van der Waals surface area contributed by atoms with Crippen molar-refractivity contribution in [2.75, 3.05) is 35.2 Å². The molecule has 96 valence electrons. The minimum Gasteiger partial charge on any atom is -0.508 e. The molecule has 1 rings (SSSR count). The van der Waals surface area contributed by atoms with E-state index in [0.717, 1.165) is 12.1 Å².